The summed E-state index contributed by atoms with van der Waals surface area (Å²) < 4.78 is 47.1. The number of benzene rings is 1. The van der Waals surface area contributed by atoms with E-state index in [1.54, 1.807) is 0 Å². The maximum Gasteiger partial charge on any atom is 0.416 e. The van der Waals surface area contributed by atoms with Crippen molar-refractivity contribution < 1.29 is 22.6 Å². The maximum atomic E-state index is 12.4. The maximum absolute atomic E-state index is 12.4. The van der Waals surface area contributed by atoms with E-state index in [-0.39, 0.29) is 18.1 Å². The fraction of sp³-hybridized carbons (Fsp3) is 0.333. The van der Waals surface area contributed by atoms with Crippen LogP contribution in [-0.2, 0) is 6.18 Å². The van der Waals surface area contributed by atoms with Gasteiger partial charge in [-0.1, -0.05) is 0 Å². The minimum Gasteiger partial charge on any atom is -0.454 e. The third-order valence-electron chi connectivity index (χ3n) is 2.02. The Bertz CT molecular complexity index is 371. The summed E-state index contributed by atoms with van der Waals surface area (Å²) in [6.45, 7) is 1.38. The number of hydrogen-bond donors (Lipinski definition) is 0. The Morgan fingerprint density at radius 3 is 2.29 bits per heavy atom. The molecule has 1 aromatic rings. The summed E-state index contributed by atoms with van der Waals surface area (Å²) in [5.74, 6) is 0.526. The predicted molar refractivity (Wildman–Crippen MR) is 42.3 cm³/mol. The van der Waals surface area contributed by atoms with E-state index in [0.29, 0.717) is 5.75 Å². The second-order valence-corrected chi connectivity index (χ2v) is 3.02. The standard InChI is InChI=1S/C9H7F3O2/c1-5-2-7-8(14-4-13-7)3-6(5)9(10,11)12/h2-3H,4H2,1H3. The van der Waals surface area contributed by atoms with Crippen LogP contribution >= 0.6 is 0 Å². The van der Waals surface area contributed by atoms with Gasteiger partial charge in [-0.25, -0.2) is 0 Å². The molecule has 1 aliphatic heterocycles. The largest absolute Gasteiger partial charge is 0.454 e. The second kappa shape index (κ2) is 2.80. The van der Waals surface area contributed by atoms with Crippen LogP contribution in [0, 0.1) is 6.92 Å². The van der Waals surface area contributed by atoms with E-state index in [0.717, 1.165) is 6.07 Å². The molecule has 0 spiro atoms. The molecule has 14 heavy (non-hydrogen) atoms. The minimum absolute atomic E-state index is 0.0178. The molecule has 0 N–H and O–H groups in total. The van der Waals surface area contributed by atoms with Gasteiger partial charge in [0.15, 0.2) is 11.5 Å². The van der Waals surface area contributed by atoms with Gasteiger partial charge in [-0.3, -0.25) is 0 Å². The van der Waals surface area contributed by atoms with Crippen molar-refractivity contribution in [2.24, 2.45) is 0 Å². The number of alkyl halides is 3. The highest BCUT2D eigenvalue weighted by atomic mass is 19.4. The van der Waals surface area contributed by atoms with Gasteiger partial charge >= 0.3 is 6.18 Å². The van der Waals surface area contributed by atoms with Crippen LogP contribution in [0.25, 0.3) is 0 Å². The third kappa shape index (κ3) is 1.38. The van der Waals surface area contributed by atoms with Crippen LogP contribution < -0.4 is 9.47 Å². The topological polar surface area (TPSA) is 18.5 Å². The summed E-state index contributed by atoms with van der Waals surface area (Å²) in [5.41, 5.74) is -0.538. The monoisotopic (exact) mass is 204 g/mol. The van der Waals surface area contributed by atoms with Gasteiger partial charge in [0, 0.05) is 0 Å². The van der Waals surface area contributed by atoms with Crippen LogP contribution in [0.2, 0.25) is 0 Å². The zero-order valence-electron chi connectivity index (χ0n) is 7.31. The lowest BCUT2D eigenvalue weighted by Crippen LogP contribution is -2.07. The average Bonchev–Trinajstić information content (AvgIpc) is 2.47. The van der Waals surface area contributed by atoms with Gasteiger partial charge in [0.25, 0.3) is 0 Å². The summed E-state index contributed by atoms with van der Waals surface area (Å²) in [5, 5.41) is 0. The molecule has 0 aliphatic carbocycles. The molecule has 2 nitrogen and oxygen atoms in total. The lowest BCUT2D eigenvalue weighted by Gasteiger charge is -2.10. The Morgan fingerprint density at radius 1 is 1.14 bits per heavy atom. The number of halogens is 3. The molecule has 0 fully saturated rings. The zero-order valence-corrected chi connectivity index (χ0v) is 7.31. The molecular weight excluding hydrogens is 197 g/mol. The van der Waals surface area contributed by atoms with E-state index in [9.17, 15) is 13.2 Å². The van der Waals surface area contributed by atoms with Gasteiger partial charge in [-0.05, 0) is 24.6 Å². The summed E-state index contributed by atoms with van der Waals surface area (Å²) in [7, 11) is 0. The minimum atomic E-state index is -4.34. The predicted octanol–water partition coefficient (Wildman–Crippen LogP) is 2.74. The van der Waals surface area contributed by atoms with Crippen molar-refractivity contribution in [3.8, 4) is 11.5 Å². The molecule has 0 bridgehead atoms. The van der Waals surface area contributed by atoms with Gasteiger partial charge in [-0.15, -0.1) is 0 Å². The molecule has 0 saturated carbocycles. The summed E-state index contributed by atoms with van der Waals surface area (Å²) in [4.78, 5) is 0. The van der Waals surface area contributed by atoms with Crippen molar-refractivity contribution in [2.75, 3.05) is 6.79 Å². The van der Waals surface area contributed by atoms with Crippen molar-refractivity contribution >= 4 is 0 Å². The number of fused-ring (bicyclic) bond motifs is 1. The molecule has 5 heteroatoms. The van der Waals surface area contributed by atoms with Gasteiger partial charge in [0.05, 0.1) is 5.56 Å². The van der Waals surface area contributed by atoms with E-state index in [2.05, 4.69) is 0 Å². The van der Waals surface area contributed by atoms with E-state index in [1.807, 2.05) is 0 Å². The van der Waals surface area contributed by atoms with Crippen molar-refractivity contribution in [3.05, 3.63) is 23.3 Å². The highest BCUT2D eigenvalue weighted by molar-refractivity contribution is 5.49. The summed E-state index contributed by atoms with van der Waals surface area (Å²) >= 11 is 0. The Labute approximate surface area is 78.2 Å². The first-order valence-corrected chi connectivity index (χ1v) is 3.96. The second-order valence-electron chi connectivity index (χ2n) is 3.02. The normalized spacial score (nSPS) is 14.6. The fourth-order valence-corrected chi connectivity index (χ4v) is 1.35. The number of ether oxygens (including phenoxy) is 2. The smallest absolute Gasteiger partial charge is 0.416 e. The molecule has 2 rings (SSSR count). The molecule has 1 aromatic carbocycles. The van der Waals surface area contributed by atoms with Crippen LogP contribution in [0.5, 0.6) is 11.5 Å². The van der Waals surface area contributed by atoms with Gasteiger partial charge < -0.3 is 9.47 Å². The van der Waals surface area contributed by atoms with Crippen LogP contribution in [0.15, 0.2) is 12.1 Å². The third-order valence-corrected chi connectivity index (χ3v) is 2.02. The van der Waals surface area contributed by atoms with Gasteiger partial charge in [-0.2, -0.15) is 13.2 Å². The van der Waals surface area contributed by atoms with Crippen molar-refractivity contribution in [3.63, 3.8) is 0 Å². The molecule has 0 saturated heterocycles. The Kier molecular flexibility index (Phi) is 1.83. The lowest BCUT2D eigenvalue weighted by atomic mass is 10.1. The number of rotatable bonds is 0. The molecule has 0 radical (unpaired) electrons. The van der Waals surface area contributed by atoms with Crippen molar-refractivity contribution in [2.45, 2.75) is 13.1 Å². The lowest BCUT2D eigenvalue weighted by molar-refractivity contribution is -0.138. The Morgan fingerprint density at radius 2 is 1.71 bits per heavy atom. The van der Waals surface area contributed by atoms with E-state index in [4.69, 9.17) is 9.47 Å². The highest BCUT2D eigenvalue weighted by Crippen LogP contribution is 2.40. The van der Waals surface area contributed by atoms with Crippen LogP contribution in [0.3, 0.4) is 0 Å². The first-order valence-electron chi connectivity index (χ1n) is 3.96. The van der Waals surface area contributed by atoms with Gasteiger partial charge in [0.1, 0.15) is 0 Å². The molecule has 1 heterocycles. The summed E-state index contributed by atoms with van der Waals surface area (Å²) in [6, 6.07) is 2.31. The number of aryl methyl sites for hydroxylation is 1. The highest BCUT2D eigenvalue weighted by Gasteiger charge is 2.34. The zero-order chi connectivity index (χ0) is 10.3. The van der Waals surface area contributed by atoms with Crippen molar-refractivity contribution in [1.29, 1.82) is 0 Å². The Balaban J connectivity index is 2.53. The molecule has 0 atom stereocenters. The van der Waals surface area contributed by atoms with Crippen LogP contribution in [-0.4, -0.2) is 6.79 Å². The molecule has 1 aliphatic rings. The number of hydrogen-bond acceptors (Lipinski definition) is 2. The molecular formula is C9H7F3O2. The average molecular weight is 204 g/mol. The molecule has 0 aromatic heterocycles. The fourth-order valence-electron chi connectivity index (χ4n) is 1.35. The van der Waals surface area contributed by atoms with E-state index in [1.165, 1.54) is 13.0 Å². The van der Waals surface area contributed by atoms with E-state index < -0.39 is 11.7 Å². The van der Waals surface area contributed by atoms with Crippen molar-refractivity contribution in [1.82, 2.24) is 0 Å². The Hall–Kier alpha value is -1.39. The molecule has 0 unspecified atom stereocenters. The first kappa shape index (κ1) is 9.18. The van der Waals surface area contributed by atoms with Gasteiger partial charge in [0.2, 0.25) is 6.79 Å². The summed E-state index contributed by atoms with van der Waals surface area (Å²) in [6.07, 6.45) is -4.34. The molecule has 0 amide bonds. The SMILES string of the molecule is Cc1cc2c(cc1C(F)(F)F)OCO2. The van der Waals surface area contributed by atoms with Crippen LogP contribution in [0.4, 0.5) is 13.2 Å². The van der Waals surface area contributed by atoms with Crippen LogP contribution in [0.1, 0.15) is 11.1 Å². The quantitative estimate of drug-likeness (QED) is 0.646. The van der Waals surface area contributed by atoms with E-state index >= 15 is 0 Å². The molecule has 76 valence electrons. The first-order chi connectivity index (χ1) is 6.48.